The quantitative estimate of drug-likeness (QED) is 0.266. The number of amides is 1. The number of aliphatic hydroxyl groups is 1. The van der Waals surface area contributed by atoms with Gasteiger partial charge in [0.1, 0.15) is 17.8 Å². The van der Waals surface area contributed by atoms with E-state index in [1.54, 1.807) is 25.5 Å². The molecular formula is C41H54N6O7S. The van der Waals surface area contributed by atoms with Crippen LogP contribution in [0.15, 0.2) is 54.4 Å². The summed E-state index contributed by atoms with van der Waals surface area (Å²) in [5, 5.41) is 13.6. The third-order valence-corrected chi connectivity index (χ3v) is 13.3. The lowest BCUT2D eigenvalue weighted by atomic mass is 9.76. The Morgan fingerprint density at radius 2 is 1.95 bits per heavy atom. The molecule has 1 aliphatic carbocycles. The average molecular weight is 775 g/mol. The summed E-state index contributed by atoms with van der Waals surface area (Å²) < 4.78 is 45.1. The SMILES string of the molecule is CCn1c(-c2cccnc2[C@H](C)OC)c2c3cc(ccc31)C1=CC(O)=CC(C[C@H](NS(=O)(=O)N3CCC3)C(=O)N3CCC[C@H](N3)C(=O)OCC(C)(C)C2)C1C. The number of nitrogens with one attached hydrogen (secondary N) is 2. The molecule has 2 aromatic heterocycles. The number of cyclic esters (lactones) is 1. The van der Waals surface area contributed by atoms with Crippen molar-refractivity contribution >= 4 is 38.6 Å². The lowest BCUT2D eigenvalue weighted by Gasteiger charge is -2.38. The molecule has 2 unspecified atom stereocenters. The third-order valence-electron chi connectivity index (χ3n) is 11.7. The van der Waals surface area contributed by atoms with Crippen LogP contribution in [0, 0.1) is 17.3 Å². The van der Waals surface area contributed by atoms with Crippen molar-refractivity contribution in [2.24, 2.45) is 17.3 Å². The number of esters is 1. The number of nitrogens with zero attached hydrogens (tertiary/aromatic N) is 4. The Hall–Kier alpha value is -4.08. The number of ether oxygens (including phenoxy) is 2. The van der Waals surface area contributed by atoms with Crippen molar-refractivity contribution in [2.45, 2.75) is 91.5 Å². The van der Waals surface area contributed by atoms with Crippen LogP contribution < -0.4 is 10.1 Å². The Kier molecular flexibility index (Phi) is 11.0. The third kappa shape index (κ3) is 7.71. The van der Waals surface area contributed by atoms with Crippen molar-refractivity contribution in [3.63, 3.8) is 0 Å². The number of hydrogen-bond donors (Lipinski definition) is 3. The van der Waals surface area contributed by atoms with Gasteiger partial charge in [0.2, 0.25) is 0 Å². The van der Waals surface area contributed by atoms with Crippen LogP contribution in [-0.4, -0.2) is 89.7 Å². The number of benzene rings is 1. The molecule has 3 aromatic rings. The van der Waals surface area contributed by atoms with Crippen molar-refractivity contribution < 1.29 is 32.6 Å². The van der Waals surface area contributed by atoms with E-state index in [0.29, 0.717) is 45.4 Å². The maximum atomic E-state index is 14.3. The molecule has 3 N–H and O–H groups in total. The van der Waals surface area contributed by atoms with E-state index in [1.807, 2.05) is 13.0 Å². The van der Waals surface area contributed by atoms with Gasteiger partial charge in [-0.3, -0.25) is 19.6 Å². The highest BCUT2D eigenvalue weighted by molar-refractivity contribution is 7.87. The first-order chi connectivity index (χ1) is 26.2. The molecule has 5 atom stereocenters. The number of carbonyl (C=O) groups is 2. The first-order valence-corrected chi connectivity index (χ1v) is 20.9. The van der Waals surface area contributed by atoms with E-state index in [4.69, 9.17) is 14.5 Å². The van der Waals surface area contributed by atoms with E-state index in [9.17, 15) is 23.1 Å². The summed E-state index contributed by atoms with van der Waals surface area (Å²) in [6, 6.07) is 8.46. The number of rotatable bonds is 7. The van der Waals surface area contributed by atoms with Gasteiger partial charge in [-0.25, -0.2) is 5.43 Å². The van der Waals surface area contributed by atoms with Gasteiger partial charge in [-0.15, -0.1) is 0 Å². The molecule has 13 nitrogen and oxygen atoms in total. The molecule has 3 aliphatic heterocycles. The fraction of sp³-hybridized carbons (Fsp3) is 0.537. The zero-order valence-electron chi connectivity index (χ0n) is 32.7. The van der Waals surface area contributed by atoms with Gasteiger partial charge in [-0.2, -0.15) is 17.4 Å². The summed E-state index contributed by atoms with van der Waals surface area (Å²) in [7, 11) is -2.28. The normalized spacial score (nSPS) is 25.7. The number of hydrazine groups is 1. The van der Waals surface area contributed by atoms with E-state index in [0.717, 1.165) is 51.0 Å². The zero-order chi connectivity index (χ0) is 39.2. The molecule has 14 heteroatoms. The number of aromatic nitrogens is 2. The summed E-state index contributed by atoms with van der Waals surface area (Å²) in [5.41, 5.74) is 9.32. The Bertz CT molecular complexity index is 2140. The van der Waals surface area contributed by atoms with Gasteiger partial charge in [0.15, 0.2) is 0 Å². The van der Waals surface area contributed by atoms with Crippen LogP contribution in [0.2, 0.25) is 0 Å². The molecule has 55 heavy (non-hydrogen) atoms. The summed E-state index contributed by atoms with van der Waals surface area (Å²) >= 11 is 0. The smallest absolute Gasteiger partial charge is 0.324 e. The van der Waals surface area contributed by atoms with Crippen molar-refractivity contribution in [1.29, 1.82) is 0 Å². The molecule has 0 saturated carbocycles. The highest BCUT2D eigenvalue weighted by atomic mass is 32.2. The second-order valence-corrected chi connectivity index (χ2v) is 17.9. The first-order valence-electron chi connectivity index (χ1n) is 19.5. The van der Waals surface area contributed by atoms with Crippen molar-refractivity contribution in [1.82, 2.24) is 29.0 Å². The van der Waals surface area contributed by atoms with Crippen LogP contribution >= 0.6 is 0 Å². The largest absolute Gasteiger partial charge is 0.508 e. The second kappa shape index (κ2) is 15.5. The number of fused-ring (bicyclic) bond motifs is 6. The van der Waals surface area contributed by atoms with Crippen LogP contribution in [0.5, 0.6) is 0 Å². The maximum Gasteiger partial charge on any atom is 0.324 e. The fourth-order valence-corrected chi connectivity index (χ4v) is 9.92. The number of pyridine rings is 1. The van der Waals surface area contributed by atoms with Crippen LogP contribution in [0.3, 0.4) is 0 Å². The number of methoxy groups -OCH3 is 1. The van der Waals surface area contributed by atoms with Gasteiger partial charge in [0.25, 0.3) is 16.1 Å². The predicted octanol–water partition coefficient (Wildman–Crippen LogP) is 5.44. The van der Waals surface area contributed by atoms with E-state index in [1.165, 1.54) is 9.31 Å². The summed E-state index contributed by atoms with van der Waals surface area (Å²) in [5.74, 6) is -1.46. The minimum Gasteiger partial charge on any atom is -0.508 e. The molecule has 5 heterocycles. The molecule has 6 bridgehead atoms. The summed E-state index contributed by atoms with van der Waals surface area (Å²) in [6.45, 7) is 12.2. The van der Waals surface area contributed by atoms with Crippen molar-refractivity contribution in [3.8, 4) is 11.3 Å². The molecule has 2 saturated heterocycles. The number of carbonyl (C=O) groups excluding carboxylic acids is 2. The second-order valence-electron chi connectivity index (χ2n) is 16.2. The number of aliphatic hydroxyl groups excluding tert-OH is 1. The first kappa shape index (κ1) is 39.2. The number of allylic oxidation sites excluding steroid dienone is 3. The fourth-order valence-electron chi connectivity index (χ4n) is 8.48. The predicted molar refractivity (Wildman–Crippen MR) is 211 cm³/mol. The lowest BCUT2D eigenvalue weighted by Crippen LogP contribution is -2.61. The number of aryl methyl sites for hydroxylation is 1. The minimum atomic E-state index is -3.96. The average Bonchev–Trinajstić information content (AvgIpc) is 3.44. The molecule has 0 spiro atoms. The summed E-state index contributed by atoms with van der Waals surface area (Å²) in [6.07, 6.45) is 7.44. The number of hydrogen-bond acceptors (Lipinski definition) is 9. The van der Waals surface area contributed by atoms with Gasteiger partial charge in [-0.05, 0) is 111 Å². The van der Waals surface area contributed by atoms with Gasteiger partial charge >= 0.3 is 5.97 Å². The van der Waals surface area contributed by atoms with Gasteiger partial charge in [0.05, 0.1) is 24.1 Å². The zero-order valence-corrected chi connectivity index (χ0v) is 33.5. The Morgan fingerprint density at radius 1 is 1.16 bits per heavy atom. The Morgan fingerprint density at radius 3 is 2.65 bits per heavy atom. The Labute approximate surface area is 323 Å². The van der Waals surface area contributed by atoms with E-state index < -0.39 is 45.5 Å². The highest BCUT2D eigenvalue weighted by Crippen LogP contribution is 2.44. The van der Waals surface area contributed by atoms with Crippen molar-refractivity contribution in [2.75, 3.05) is 33.4 Å². The van der Waals surface area contributed by atoms with Gasteiger partial charge in [0, 0.05) is 61.4 Å². The van der Waals surface area contributed by atoms with E-state index in [-0.39, 0.29) is 30.8 Å². The Balaban J connectivity index is 1.38. The lowest BCUT2D eigenvalue weighted by molar-refractivity contribution is -0.155. The van der Waals surface area contributed by atoms with Crippen LogP contribution in [0.25, 0.3) is 27.7 Å². The van der Waals surface area contributed by atoms with Crippen LogP contribution in [-0.2, 0) is 42.2 Å². The summed E-state index contributed by atoms with van der Waals surface area (Å²) in [4.78, 5) is 32.8. The minimum absolute atomic E-state index is 0.0602. The highest BCUT2D eigenvalue weighted by Gasteiger charge is 2.40. The van der Waals surface area contributed by atoms with Gasteiger partial charge < -0.3 is 19.1 Å². The molecule has 0 radical (unpaired) electrons. The molecule has 296 valence electrons. The molecule has 2 fully saturated rings. The molecule has 7 rings (SSSR count). The molecule has 1 aromatic carbocycles. The van der Waals surface area contributed by atoms with Gasteiger partial charge in [-0.1, -0.05) is 26.8 Å². The molecular weight excluding hydrogens is 721 g/mol. The standard InChI is InChI=1S/C41H54N6O7S/c1-7-46-36-14-13-27-20-32(36)33(38(46)30-11-8-15-42-37(30)26(3)53-6)23-41(4,5)24-54-40(50)34-12-9-18-47(43-34)39(49)35(44-55(51,52)45-16-10-17-45)21-28-19-29(48)22-31(27)25(28)2/h8,11,13-15,19-20,22,25-26,28,34-35,43-44,48H,7,9-10,12,16-18,21,23-24H2,1-6H3/t25?,26-,28?,34-,35-/m0/s1. The van der Waals surface area contributed by atoms with Crippen LogP contribution in [0.4, 0.5) is 0 Å². The topological polar surface area (TPSA) is 155 Å². The van der Waals surface area contributed by atoms with Crippen LogP contribution in [0.1, 0.15) is 83.2 Å². The monoisotopic (exact) mass is 774 g/mol. The maximum absolute atomic E-state index is 14.3. The molecule has 4 aliphatic rings. The van der Waals surface area contributed by atoms with Crippen molar-refractivity contribution in [3.05, 3.63) is 71.3 Å². The molecule has 1 amide bonds. The van der Waals surface area contributed by atoms with E-state index >= 15 is 0 Å². The van der Waals surface area contributed by atoms with E-state index in [2.05, 4.69) is 66.7 Å².